The lowest BCUT2D eigenvalue weighted by atomic mass is 9.92. The quantitative estimate of drug-likeness (QED) is 0.416. The van der Waals surface area contributed by atoms with E-state index >= 15 is 0 Å². The molecule has 1 aliphatic rings. The molecule has 2 atom stereocenters. The highest BCUT2D eigenvalue weighted by Gasteiger charge is 2.23. The van der Waals surface area contributed by atoms with Crippen LogP contribution in [0.1, 0.15) is 46.0 Å². The number of nitrogens with one attached hydrogen (secondary N) is 1. The fraction of sp³-hybridized carbons (Fsp3) is 0.917. The van der Waals surface area contributed by atoms with Gasteiger partial charge in [0.1, 0.15) is 0 Å². The highest BCUT2D eigenvalue weighted by atomic mass is 15.2. The minimum atomic E-state index is 0.329. The van der Waals surface area contributed by atoms with Crippen LogP contribution in [-0.4, -0.2) is 29.9 Å². The van der Waals surface area contributed by atoms with Gasteiger partial charge in [-0.1, -0.05) is 6.92 Å². The molecule has 0 spiro atoms. The third-order valence-electron chi connectivity index (χ3n) is 3.65. The van der Waals surface area contributed by atoms with Crippen molar-refractivity contribution in [3.05, 3.63) is 0 Å². The summed E-state index contributed by atoms with van der Waals surface area (Å²) in [6, 6.07) is 0.732. The van der Waals surface area contributed by atoms with E-state index in [2.05, 4.69) is 18.7 Å². The summed E-state index contributed by atoms with van der Waals surface area (Å²) in [7, 11) is 0. The Bertz CT molecular complexity index is 203. The highest BCUT2D eigenvalue weighted by Crippen LogP contribution is 2.22. The normalized spacial score (nSPS) is 27.9. The molecule has 3 nitrogen and oxygen atoms in total. The standard InChI is InChI=1S/C12H25N3/c1-10-6-5-9-15(11(10)2)8-4-3-7-12(13)14/h10-11H,3-9H2,1-2H3,(H3,13,14). The number of likely N-dealkylation sites (tertiary alicyclic amines) is 1. The van der Waals surface area contributed by atoms with Crippen LogP contribution in [0.4, 0.5) is 0 Å². The van der Waals surface area contributed by atoms with E-state index in [9.17, 15) is 0 Å². The predicted octanol–water partition coefficient (Wildman–Crippen LogP) is 2.21. The van der Waals surface area contributed by atoms with Crippen molar-refractivity contribution in [3.8, 4) is 0 Å². The Morgan fingerprint density at radius 1 is 1.40 bits per heavy atom. The first kappa shape index (κ1) is 12.5. The summed E-state index contributed by atoms with van der Waals surface area (Å²) in [6.45, 7) is 7.13. The van der Waals surface area contributed by atoms with Gasteiger partial charge in [-0.15, -0.1) is 0 Å². The van der Waals surface area contributed by atoms with Crippen molar-refractivity contribution in [3.63, 3.8) is 0 Å². The molecule has 88 valence electrons. The predicted molar refractivity (Wildman–Crippen MR) is 65.2 cm³/mol. The molecule has 0 amide bonds. The van der Waals surface area contributed by atoms with E-state index in [0.29, 0.717) is 5.84 Å². The average molecular weight is 211 g/mol. The Morgan fingerprint density at radius 2 is 2.13 bits per heavy atom. The second-order valence-electron chi connectivity index (χ2n) is 4.88. The lowest BCUT2D eigenvalue weighted by Gasteiger charge is -2.37. The summed E-state index contributed by atoms with van der Waals surface area (Å²) < 4.78 is 0. The van der Waals surface area contributed by atoms with E-state index in [1.54, 1.807) is 0 Å². The van der Waals surface area contributed by atoms with Crippen molar-refractivity contribution >= 4 is 5.84 Å². The maximum Gasteiger partial charge on any atom is 0.0905 e. The number of hydrogen-bond donors (Lipinski definition) is 2. The van der Waals surface area contributed by atoms with Crippen molar-refractivity contribution < 1.29 is 0 Å². The molecule has 1 aliphatic heterocycles. The minimum Gasteiger partial charge on any atom is -0.388 e. The number of piperidine rings is 1. The van der Waals surface area contributed by atoms with Crippen molar-refractivity contribution in [1.82, 2.24) is 4.90 Å². The molecule has 0 aromatic rings. The molecule has 0 saturated carbocycles. The molecule has 0 aromatic heterocycles. The van der Waals surface area contributed by atoms with Crippen molar-refractivity contribution in [2.24, 2.45) is 11.7 Å². The molecule has 1 rings (SSSR count). The maximum atomic E-state index is 7.15. The Morgan fingerprint density at radius 3 is 2.80 bits per heavy atom. The van der Waals surface area contributed by atoms with Crippen LogP contribution in [0.5, 0.6) is 0 Å². The van der Waals surface area contributed by atoms with E-state index in [1.165, 1.54) is 32.4 Å². The van der Waals surface area contributed by atoms with Crippen LogP contribution in [0.2, 0.25) is 0 Å². The molecular formula is C12H25N3. The Labute approximate surface area is 93.5 Å². The van der Waals surface area contributed by atoms with Gasteiger partial charge in [0.2, 0.25) is 0 Å². The fourth-order valence-corrected chi connectivity index (χ4v) is 2.37. The second kappa shape index (κ2) is 6.11. The van der Waals surface area contributed by atoms with Crippen LogP contribution in [0, 0.1) is 11.3 Å². The Hall–Kier alpha value is -0.570. The average Bonchev–Trinajstić information content (AvgIpc) is 2.18. The Balaban J connectivity index is 2.17. The van der Waals surface area contributed by atoms with E-state index in [1.807, 2.05) is 0 Å². The molecule has 0 aliphatic carbocycles. The van der Waals surface area contributed by atoms with Crippen LogP contribution in [0.15, 0.2) is 0 Å². The number of nitrogens with two attached hydrogens (primary N) is 1. The molecule has 1 heterocycles. The summed E-state index contributed by atoms with van der Waals surface area (Å²) in [5, 5.41) is 7.15. The topological polar surface area (TPSA) is 53.1 Å². The molecule has 0 radical (unpaired) electrons. The monoisotopic (exact) mass is 211 g/mol. The molecule has 0 bridgehead atoms. The maximum absolute atomic E-state index is 7.15. The number of nitrogens with zero attached hydrogens (tertiary/aromatic N) is 1. The third-order valence-corrected chi connectivity index (χ3v) is 3.65. The van der Waals surface area contributed by atoms with Gasteiger partial charge in [0.25, 0.3) is 0 Å². The van der Waals surface area contributed by atoms with Crippen molar-refractivity contribution in [2.75, 3.05) is 13.1 Å². The van der Waals surface area contributed by atoms with Gasteiger partial charge in [-0.3, -0.25) is 5.41 Å². The summed E-state index contributed by atoms with van der Waals surface area (Å²) >= 11 is 0. The third kappa shape index (κ3) is 4.20. The molecule has 2 unspecified atom stereocenters. The molecule has 3 N–H and O–H groups in total. The van der Waals surface area contributed by atoms with Crippen LogP contribution >= 0.6 is 0 Å². The van der Waals surface area contributed by atoms with Crippen LogP contribution < -0.4 is 5.73 Å². The van der Waals surface area contributed by atoms with E-state index in [-0.39, 0.29) is 0 Å². The number of amidine groups is 1. The summed E-state index contributed by atoms with van der Waals surface area (Å²) in [5.74, 6) is 1.17. The van der Waals surface area contributed by atoms with Gasteiger partial charge >= 0.3 is 0 Å². The largest absolute Gasteiger partial charge is 0.388 e. The smallest absolute Gasteiger partial charge is 0.0905 e. The summed E-state index contributed by atoms with van der Waals surface area (Å²) in [6.07, 6.45) is 5.73. The molecule has 15 heavy (non-hydrogen) atoms. The van der Waals surface area contributed by atoms with E-state index < -0.39 is 0 Å². The van der Waals surface area contributed by atoms with Gasteiger partial charge in [0.05, 0.1) is 5.84 Å². The van der Waals surface area contributed by atoms with Crippen LogP contribution in [-0.2, 0) is 0 Å². The second-order valence-corrected chi connectivity index (χ2v) is 4.88. The molecule has 3 heteroatoms. The van der Waals surface area contributed by atoms with Crippen molar-refractivity contribution in [1.29, 1.82) is 5.41 Å². The molecule has 0 aromatic carbocycles. The first-order chi connectivity index (χ1) is 7.11. The summed E-state index contributed by atoms with van der Waals surface area (Å²) in [4.78, 5) is 2.59. The van der Waals surface area contributed by atoms with E-state index in [0.717, 1.165) is 24.8 Å². The number of rotatable bonds is 5. The SMILES string of the molecule is CC1CCCN(CCCCC(=N)N)C1C. The van der Waals surface area contributed by atoms with Gasteiger partial charge in [-0.25, -0.2) is 0 Å². The Kier molecular flexibility index (Phi) is 5.09. The number of unbranched alkanes of at least 4 members (excludes halogenated alkanes) is 1. The van der Waals surface area contributed by atoms with Gasteiger partial charge in [-0.2, -0.15) is 0 Å². The fourth-order valence-electron chi connectivity index (χ4n) is 2.37. The first-order valence-corrected chi connectivity index (χ1v) is 6.18. The van der Waals surface area contributed by atoms with Crippen molar-refractivity contribution in [2.45, 2.75) is 52.0 Å². The van der Waals surface area contributed by atoms with Gasteiger partial charge < -0.3 is 10.6 Å². The van der Waals surface area contributed by atoms with Gasteiger partial charge in [0.15, 0.2) is 0 Å². The zero-order chi connectivity index (χ0) is 11.3. The summed E-state index contributed by atoms with van der Waals surface area (Å²) in [5.41, 5.74) is 5.33. The highest BCUT2D eigenvalue weighted by molar-refractivity contribution is 5.76. The van der Waals surface area contributed by atoms with Gasteiger partial charge in [-0.05, 0) is 51.6 Å². The zero-order valence-corrected chi connectivity index (χ0v) is 10.1. The lowest BCUT2D eigenvalue weighted by molar-refractivity contribution is 0.112. The molecular weight excluding hydrogens is 186 g/mol. The van der Waals surface area contributed by atoms with Crippen LogP contribution in [0.25, 0.3) is 0 Å². The zero-order valence-electron chi connectivity index (χ0n) is 10.1. The van der Waals surface area contributed by atoms with Crippen LogP contribution in [0.3, 0.4) is 0 Å². The lowest BCUT2D eigenvalue weighted by Crippen LogP contribution is -2.42. The first-order valence-electron chi connectivity index (χ1n) is 6.18. The number of hydrogen-bond acceptors (Lipinski definition) is 2. The minimum absolute atomic E-state index is 0.329. The molecule has 1 fully saturated rings. The van der Waals surface area contributed by atoms with Gasteiger partial charge in [0, 0.05) is 12.5 Å². The molecule has 1 saturated heterocycles. The van der Waals surface area contributed by atoms with E-state index in [4.69, 9.17) is 11.1 Å².